The minimum absolute atomic E-state index is 0.105. The molecule has 1 N–H and O–H groups in total. The predicted molar refractivity (Wildman–Crippen MR) is 138 cm³/mol. The summed E-state index contributed by atoms with van der Waals surface area (Å²) in [6.45, 7) is 4.14. The average Bonchev–Trinajstić information content (AvgIpc) is 2.86. The number of ether oxygens (including phenoxy) is 2. The van der Waals surface area contributed by atoms with E-state index in [2.05, 4.69) is 12.2 Å². The zero-order valence-corrected chi connectivity index (χ0v) is 21.2. The average molecular weight is 497 g/mol. The molecule has 0 atom stereocenters. The van der Waals surface area contributed by atoms with Crippen LogP contribution >= 0.6 is 0 Å². The van der Waals surface area contributed by atoms with Crippen molar-refractivity contribution < 1.29 is 22.7 Å². The lowest BCUT2D eigenvalue weighted by molar-refractivity contribution is -0.119. The maximum Gasteiger partial charge on any atom is 0.264 e. The van der Waals surface area contributed by atoms with Crippen molar-refractivity contribution in [2.75, 3.05) is 31.1 Å². The van der Waals surface area contributed by atoms with Crippen LogP contribution in [0, 0.1) is 6.92 Å². The number of hydrogen-bond donors (Lipinski definition) is 1. The lowest BCUT2D eigenvalue weighted by Gasteiger charge is -2.24. The number of sulfonamides is 1. The number of nitrogens with one attached hydrogen (secondary N) is 1. The molecule has 0 saturated heterocycles. The first-order valence-electron chi connectivity index (χ1n) is 11.6. The highest BCUT2D eigenvalue weighted by atomic mass is 32.2. The van der Waals surface area contributed by atoms with Gasteiger partial charge in [-0.2, -0.15) is 0 Å². The Morgan fingerprint density at radius 2 is 1.69 bits per heavy atom. The molecule has 0 saturated carbocycles. The number of aryl methyl sites for hydroxylation is 2. The number of methoxy groups -OCH3 is 1. The van der Waals surface area contributed by atoms with Crippen LogP contribution in [0.4, 0.5) is 5.69 Å². The first-order valence-corrected chi connectivity index (χ1v) is 13.0. The molecule has 0 bridgehead atoms. The molecular weight excluding hydrogens is 464 g/mol. The second-order valence-electron chi connectivity index (χ2n) is 8.12. The quantitative estimate of drug-likeness (QED) is 0.377. The number of carbonyl (C=O) groups excluding carboxylic acids is 1. The van der Waals surface area contributed by atoms with Crippen molar-refractivity contribution >= 4 is 21.6 Å². The van der Waals surface area contributed by atoms with Crippen LogP contribution in [0.2, 0.25) is 0 Å². The fraction of sp³-hybridized carbons (Fsp3) is 0.296. The van der Waals surface area contributed by atoms with Crippen molar-refractivity contribution in [3.05, 3.63) is 83.9 Å². The molecule has 0 aromatic heterocycles. The minimum Gasteiger partial charge on any atom is -0.497 e. The molecule has 3 rings (SSSR count). The summed E-state index contributed by atoms with van der Waals surface area (Å²) in [5.41, 5.74) is 2.53. The summed E-state index contributed by atoms with van der Waals surface area (Å²) < 4.78 is 38.9. The summed E-state index contributed by atoms with van der Waals surface area (Å²) in [6, 6.07) is 21.0. The van der Waals surface area contributed by atoms with Gasteiger partial charge in [-0.05, 0) is 55.3 Å². The fourth-order valence-electron chi connectivity index (χ4n) is 3.50. The molecule has 0 aliphatic rings. The molecule has 0 aliphatic heterocycles. The molecular formula is C27H32N2O5S. The monoisotopic (exact) mass is 496 g/mol. The fourth-order valence-corrected chi connectivity index (χ4v) is 4.92. The molecule has 0 spiro atoms. The number of hydrogen-bond acceptors (Lipinski definition) is 5. The van der Waals surface area contributed by atoms with Gasteiger partial charge in [0.05, 0.1) is 24.2 Å². The maximum atomic E-state index is 13.4. The van der Waals surface area contributed by atoms with E-state index in [0.717, 1.165) is 28.5 Å². The summed E-state index contributed by atoms with van der Waals surface area (Å²) in [4.78, 5) is 12.8. The van der Waals surface area contributed by atoms with Crippen LogP contribution in [0.3, 0.4) is 0 Å². The molecule has 3 aromatic rings. The Morgan fingerprint density at radius 3 is 2.34 bits per heavy atom. The molecule has 0 aliphatic carbocycles. The predicted octanol–water partition coefficient (Wildman–Crippen LogP) is 4.35. The van der Waals surface area contributed by atoms with E-state index in [-0.39, 0.29) is 24.6 Å². The van der Waals surface area contributed by atoms with Gasteiger partial charge in [0.1, 0.15) is 24.7 Å². The first kappa shape index (κ1) is 26.1. The summed E-state index contributed by atoms with van der Waals surface area (Å²) in [5.74, 6) is 0.773. The standard InChI is InChI=1S/C27H32N2O5S/c1-4-6-22-11-13-24(14-12-22)34-18-17-28-27(30)20-29(23-7-5-8-25(19-23)33-3)35(31,32)26-15-9-21(2)10-16-26/h5,7-16,19H,4,6,17-18,20H2,1-3H3,(H,28,30). The highest BCUT2D eigenvalue weighted by Gasteiger charge is 2.27. The zero-order valence-electron chi connectivity index (χ0n) is 20.4. The molecule has 186 valence electrons. The van der Waals surface area contributed by atoms with Gasteiger partial charge in [-0.25, -0.2) is 8.42 Å². The highest BCUT2D eigenvalue weighted by Crippen LogP contribution is 2.27. The zero-order chi connectivity index (χ0) is 25.3. The lowest BCUT2D eigenvalue weighted by Crippen LogP contribution is -2.41. The number of rotatable bonds is 12. The van der Waals surface area contributed by atoms with Gasteiger partial charge in [0.2, 0.25) is 5.91 Å². The molecule has 0 unspecified atom stereocenters. The largest absolute Gasteiger partial charge is 0.497 e. The van der Waals surface area contributed by atoms with E-state index in [9.17, 15) is 13.2 Å². The van der Waals surface area contributed by atoms with E-state index < -0.39 is 15.9 Å². The van der Waals surface area contributed by atoms with Gasteiger partial charge >= 0.3 is 0 Å². The van der Waals surface area contributed by atoms with Crippen molar-refractivity contribution in [2.24, 2.45) is 0 Å². The number of carbonyl (C=O) groups is 1. The number of nitrogens with zero attached hydrogens (tertiary/aromatic N) is 1. The summed E-state index contributed by atoms with van der Waals surface area (Å²) in [7, 11) is -2.49. The molecule has 0 heterocycles. The summed E-state index contributed by atoms with van der Waals surface area (Å²) in [6.07, 6.45) is 2.10. The number of benzene rings is 3. The second-order valence-corrected chi connectivity index (χ2v) is 9.98. The van der Waals surface area contributed by atoms with E-state index in [4.69, 9.17) is 9.47 Å². The van der Waals surface area contributed by atoms with Crippen molar-refractivity contribution in [1.82, 2.24) is 5.32 Å². The van der Waals surface area contributed by atoms with Crippen LogP contribution in [0.15, 0.2) is 77.7 Å². The van der Waals surface area contributed by atoms with Crippen molar-refractivity contribution in [3.8, 4) is 11.5 Å². The number of anilines is 1. The van der Waals surface area contributed by atoms with Gasteiger partial charge in [-0.15, -0.1) is 0 Å². The van der Waals surface area contributed by atoms with Crippen molar-refractivity contribution in [3.63, 3.8) is 0 Å². The van der Waals surface area contributed by atoms with E-state index in [1.165, 1.54) is 24.8 Å². The van der Waals surface area contributed by atoms with Gasteiger partial charge in [0, 0.05) is 6.07 Å². The summed E-state index contributed by atoms with van der Waals surface area (Å²) >= 11 is 0. The number of amides is 1. The van der Waals surface area contributed by atoms with E-state index >= 15 is 0 Å². The van der Waals surface area contributed by atoms with Gasteiger partial charge in [-0.1, -0.05) is 49.2 Å². The highest BCUT2D eigenvalue weighted by molar-refractivity contribution is 7.92. The van der Waals surface area contributed by atoms with E-state index in [0.29, 0.717) is 11.4 Å². The first-order chi connectivity index (χ1) is 16.8. The third-order valence-electron chi connectivity index (χ3n) is 5.39. The molecule has 0 radical (unpaired) electrons. The Kier molecular flexibility index (Phi) is 9.14. The van der Waals surface area contributed by atoms with Crippen LogP contribution < -0.4 is 19.1 Å². The van der Waals surface area contributed by atoms with Gasteiger partial charge < -0.3 is 14.8 Å². The summed E-state index contributed by atoms with van der Waals surface area (Å²) in [5, 5.41) is 2.74. The molecule has 7 nitrogen and oxygen atoms in total. The molecule has 0 fully saturated rings. The third kappa shape index (κ3) is 7.23. The van der Waals surface area contributed by atoms with Crippen LogP contribution in [0.1, 0.15) is 24.5 Å². The van der Waals surface area contributed by atoms with Crippen LogP contribution in [-0.2, 0) is 21.2 Å². The Hall–Kier alpha value is -3.52. The lowest BCUT2D eigenvalue weighted by atomic mass is 10.1. The molecule has 35 heavy (non-hydrogen) atoms. The minimum atomic E-state index is -3.99. The van der Waals surface area contributed by atoms with Crippen LogP contribution in [0.5, 0.6) is 11.5 Å². The van der Waals surface area contributed by atoms with Gasteiger partial charge in [0.25, 0.3) is 10.0 Å². The third-order valence-corrected chi connectivity index (χ3v) is 7.18. The molecule has 8 heteroatoms. The maximum absolute atomic E-state index is 13.4. The smallest absolute Gasteiger partial charge is 0.264 e. The Balaban J connectivity index is 1.67. The Labute approximate surface area is 207 Å². The van der Waals surface area contributed by atoms with Crippen LogP contribution in [-0.4, -0.2) is 41.1 Å². The van der Waals surface area contributed by atoms with Gasteiger partial charge in [0.15, 0.2) is 0 Å². The Bertz CT molecular complexity index is 1210. The topological polar surface area (TPSA) is 84.9 Å². The van der Waals surface area contributed by atoms with E-state index in [1.807, 2.05) is 31.2 Å². The van der Waals surface area contributed by atoms with Gasteiger partial charge in [-0.3, -0.25) is 9.10 Å². The molecule has 1 amide bonds. The molecule has 3 aromatic carbocycles. The normalized spacial score (nSPS) is 11.1. The van der Waals surface area contributed by atoms with Crippen molar-refractivity contribution in [2.45, 2.75) is 31.6 Å². The van der Waals surface area contributed by atoms with E-state index in [1.54, 1.807) is 36.4 Å². The Morgan fingerprint density at radius 1 is 0.971 bits per heavy atom. The second kappa shape index (κ2) is 12.3. The SMILES string of the molecule is CCCc1ccc(OCCNC(=O)CN(c2cccc(OC)c2)S(=O)(=O)c2ccc(C)cc2)cc1. The van der Waals surface area contributed by atoms with Crippen LogP contribution in [0.25, 0.3) is 0 Å². The van der Waals surface area contributed by atoms with Crippen molar-refractivity contribution in [1.29, 1.82) is 0 Å².